The van der Waals surface area contributed by atoms with E-state index in [9.17, 15) is 19.5 Å². The van der Waals surface area contributed by atoms with Crippen LogP contribution in [-0.2, 0) is 30.3 Å². The van der Waals surface area contributed by atoms with E-state index in [0.29, 0.717) is 22.0 Å². The van der Waals surface area contributed by atoms with Gasteiger partial charge in [0.25, 0.3) is 5.91 Å². The average Bonchev–Trinajstić information content (AvgIpc) is 2.63. The zero-order chi connectivity index (χ0) is 20.6. The number of carbonyl (C=O) groups excluding carboxylic acids is 2. The maximum atomic E-state index is 12.3. The summed E-state index contributed by atoms with van der Waals surface area (Å²) in [6.07, 6.45) is -0.296. The number of methoxy groups -OCH3 is 1. The molecule has 2 aliphatic rings. The van der Waals surface area contributed by atoms with Crippen molar-refractivity contribution in [3.8, 4) is 0 Å². The Labute approximate surface area is 175 Å². The molecule has 10 heteroatoms. The largest absolute Gasteiger partial charge is 0.477 e. The molecule has 1 fully saturated rings. The highest BCUT2D eigenvalue weighted by Crippen LogP contribution is 2.46. The van der Waals surface area contributed by atoms with Crippen molar-refractivity contribution in [2.24, 2.45) is 0 Å². The lowest BCUT2D eigenvalue weighted by atomic mass is 9.98. The van der Waals surface area contributed by atoms with E-state index in [-0.39, 0.29) is 17.6 Å². The van der Waals surface area contributed by atoms with E-state index >= 15 is 0 Å². The molecule has 1 N–H and O–H groups in total. The van der Waals surface area contributed by atoms with Gasteiger partial charge in [-0.2, -0.15) is 0 Å². The number of carboxylic acid groups (broad SMARTS) is 1. The first-order valence-electron chi connectivity index (χ1n) is 8.29. The fraction of sp³-hybridized carbons (Fsp3) is 0.389. The van der Waals surface area contributed by atoms with Crippen molar-refractivity contribution < 1.29 is 29.0 Å². The average molecular weight is 446 g/mol. The summed E-state index contributed by atoms with van der Waals surface area (Å²) in [4.78, 5) is 36.8. The van der Waals surface area contributed by atoms with Crippen LogP contribution in [0.4, 0.5) is 0 Å². The molecule has 150 valence electrons. The lowest BCUT2D eigenvalue weighted by Gasteiger charge is -2.50. The fourth-order valence-corrected chi connectivity index (χ4v) is 5.21. The lowest BCUT2D eigenvalue weighted by Crippen LogP contribution is -2.66. The smallest absolute Gasteiger partial charge is 0.352 e. The summed E-state index contributed by atoms with van der Waals surface area (Å²) in [6.45, 7) is 1.02. The Morgan fingerprint density at radius 2 is 2.00 bits per heavy atom. The Kier molecular flexibility index (Phi) is 6.24. The number of fused-ring (bicyclic) bond motifs is 1. The number of esters is 1. The molecular formula is C18H17Cl2NO6S. The van der Waals surface area contributed by atoms with E-state index in [1.807, 2.05) is 0 Å². The summed E-state index contributed by atoms with van der Waals surface area (Å²) in [5.74, 6) is -2.22. The standard InChI is InChI=1S/C18H17Cl2NO6S/c1-8(22)27-7-10-13(6-9-3-4-11(19)12(20)5-9)28-17-15(26-2)16(23)21(17)14(10)18(24)25/h3-5,13,15,17H,6-7H2,1-2H3,(H,24,25)/t13?,15-,17-/m1/s1. The predicted molar refractivity (Wildman–Crippen MR) is 104 cm³/mol. The maximum Gasteiger partial charge on any atom is 0.352 e. The summed E-state index contributed by atoms with van der Waals surface area (Å²) in [5, 5.41) is 9.75. The number of rotatable bonds is 6. The number of thioether (sulfide) groups is 1. The fourth-order valence-electron chi connectivity index (χ4n) is 3.22. The third kappa shape index (κ3) is 3.87. The summed E-state index contributed by atoms with van der Waals surface area (Å²) in [6, 6.07) is 5.17. The molecule has 0 aromatic heterocycles. The Bertz CT molecular complexity index is 874. The highest BCUT2D eigenvalue weighted by Gasteiger charge is 2.56. The number of halogens is 2. The van der Waals surface area contributed by atoms with Crippen LogP contribution in [0.15, 0.2) is 29.5 Å². The normalized spacial score (nSPS) is 23.9. The minimum atomic E-state index is -1.26. The second-order valence-corrected chi connectivity index (χ2v) is 8.43. The van der Waals surface area contributed by atoms with E-state index in [1.165, 1.54) is 30.7 Å². The molecule has 3 atom stereocenters. The van der Waals surface area contributed by atoms with Crippen molar-refractivity contribution in [1.29, 1.82) is 0 Å². The number of carboxylic acids is 1. The number of benzene rings is 1. The van der Waals surface area contributed by atoms with Crippen LogP contribution >= 0.6 is 35.0 Å². The molecule has 7 nitrogen and oxygen atoms in total. The molecule has 1 amide bonds. The number of aliphatic carboxylic acids is 1. The van der Waals surface area contributed by atoms with Gasteiger partial charge in [-0.05, 0) is 24.1 Å². The Balaban J connectivity index is 2.00. The molecule has 0 bridgehead atoms. The number of β-lactam (4-membered cyclic amide) rings is 1. The van der Waals surface area contributed by atoms with Crippen LogP contribution in [0, 0.1) is 0 Å². The zero-order valence-electron chi connectivity index (χ0n) is 15.0. The molecule has 0 saturated carbocycles. The molecule has 2 aliphatic heterocycles. The summed E-state index contributed by atoms with van der Waals surface area (Å²) in [7, 11) is 1.41. The first-order chi connectivity index (χ1) is 13.2. The van der Waals surface area contributed by atoms with Gasteiger partial charge < -0.3 is 14.6 Å². The monoisotopic (exact) mass is 445 g/mol. The molecule has 28 heavy (non-hydrogen) atoms. The van der Waals surface area contributed by atoms with Crippen molar-refractivity contribution in [3.05, 3.63) is 45.1 Å². The van der Waals surface area contributed by atoms with Crippen LogP contribution in [-0.4, -0.2) is 58.3 Å². The molecule has 1 saturated heterocycles. The lowest BCUT2D eigenvalue weighted by molar-refractivity contribution is -0.162. The molecule has 0 spiro atoms. The van der Waals surface area contributed by atoms with Crippen LogP contribution in [0.5, 0.6) is 0 Å². The van der Waals surface area contributed by atoms with Gasteiger partial charge in [0.15, 0.2) is 6.10 Å². The Morgan fingerprint density at radius 1 is 1.29 bits per heavy atom. The van der Waals surface area contributed by atoms with Crippen molar-refractivity contribution in [1.82, 2.24) is 4.90 Å². The van der Waals surface area contributed by atoms with Gasteiger partial charge in [-0.25, -0.2) is 4.79 Å². The number of nitrogens with zero attached hydrogens (tertiary/aromatic N) is 1. The van der Waals surface area contributed by atoms with E-state index in [0.717, 1.165) is 5.56 Å². The first-order valence-corrected chi connectivity index (χ1v) is 9.99. The van der Waals surface area contributed by atoms with Gasteiger partial charge in [0.2, 0.25) is 0 Å². The van der Waals surface area contributed by atoms with Crippen molar-refractivity contribution in [3.63, 3.8) is 0 Å². The number of hydrogen-bond donors (Lipinski definition) is 1. The maximum absolute atomic E-state index is 12.3. The van der Waals surface area contributed by atoms with Gasteiger partial charge in [0, 0.05) is 24.9 Å². The SMILES string of the molecule is CO[C@@H]1C(=O)N2C(C(=O)O)=C(COC(C)=O)C(Cc3ccc(Cl)c(Cl)c3)S[C@H]12. The summed E-state index contributed by atoms with van der Waals surface area (Å²) >= 11 is 13.4. The Hall–Kier alpha value is -1.74. The minimum absolute atomic E-state index is 0.159. The van der Waals surface area contributed by atoms with Crippen LogP contribution in [0.25, 0.3) is 0 Å². The van der Waals surface area contributed by atoms with Gasteiger partial charge in [-0.1, -0.05) is 29.3 Å². The van der Waals surface area contributed by atoms with Crippen molar-refractivity contribution >= 4 is 52.8 Å². The van der Waals surface area contributed by atoms with Crippen molar-refractivity contribution in [2.45, 2.75) is 30.1 Å². The third-order valence-corrected chi connectivity index (χ3v) is 6.78. The first kappa shape index (κ1) is 21.0. The van der Waals surface area contributed by atoms with Crippen LogP contribution in [0.3, 0.4) is 0 Å². The van der Waals surface area contributed by atoms with E-state index in [2.05, 4.69) is 0 Å². The van der Waals surface area contributed by atoms with E-state index in [4.69, 9.17) is 32.7 Å². The van der Waals surface area contributed by atoms with Crippen molar-refractivity contribution in [2.75, 3.05) is 13.7 Å². The van der Waals surface area contributed by atoms with Crippen LogP contribution in [0.2, 0.25) is 10.0 Å². The molecule has 1 aromatic rings. The van der Waals surface area contributed by atoms with Gasteiger partial charge in [-0.15, -0.1) is 11.8 Å². The third-order valence-electron chi connectivity index (χ3n) is 4.52. The highest BCUT2D eigenvalue weighted by molar-refractivity contribution is 8.00. The summed E-state index contributed by atoms with van der Waals surface area (Å²) < 4.78 is 10.3. The van der Waals surface area contributed by atoms with Gasteiger partial charge in [0.05, 0.1) is 10.0 Å². The molecule has 1 unspecified atom stereocenters. The molecule has 2 heterocycles. The second-order valence-electron chi connectivity index (χ2n) is 6.29. The number of hydrogen-bond acceptors (Lipinski definition) is 6. The van der Waals surface area contributed by atoms with E-state index in [1.54, 1.807) is 18.2 Å². The van der Waals surface area contributed by atoms with Gasteiger partial charge in [-0.3, -0.25) is 14.5 Å². The minimum Gasteiger partial charge on any atom is -0.477 e. The molecule has 3 rings (SSSR count). The highest BCUT2D eigenvalue weighted by atomic mass is 35.5. The van der Waals surface area contributed by atoms with Crippen LogP contribution < -0.4 is 0 Å². The molecule has 1 aromatic carbocycles. The Morgan fingerprint density at radius 3 is 2.57 bits per heavy atom. The number of carbonyl (C=O) groups is 3. The topological polar surface area (TPSA) is 93.1 Å². The quantitative estimate of drug-likeness (QED) is 0.531. The molecule has 0 aliphatic carbocycles. The molecule has 0 radical (unpaired) electrons. The number of ether oxygens (including phenoxy) is 2. The second kappa shape index (κ2) is 8.32. The zero-order valence-corrected chi connectivity index (χ0v) is 17.3. The predicted octanol–water partition coefficient (Wildman–Crippen LogP) is 2.74. The molecular weight excluding hydrogens is 429 g/mol. The van der Waals surface area contributed by atoms with Gasteiger partial charge in [0.1, 0.15) is 17.7 Å². The summed E-state index contributed by atoms with van der Waals surface area (Å²) in [5.41, 5.74) is 1.04. The van der Waals surface area contributed by atoms with Crippen LogP contribution in [0.1, 0.15) is 12.5 Å². The number of amides is 1. The van der Waals surface area contributed by atoms with E-state index < -0.39 is 29.3 Å². The van der Waals surface area contributed by atoms with Gasteiger partial charge >= 0.3 is 11.9 Å².